The lowest BCUT2D eigenvalue weighted by Crippen LogP contribution is -2.28. The third-order valence-corrected chi connectivity index (χ3v) is 11.6. The average molecular weight is 670 g/mol. The van der Waals surface area contributed by atoms with Gasteiger partial charge in [-0.2, -0.15) is 5.26 Å². The molecule has 0 aliphatic heterocycles. The minimum atomic E-state index is -1.25. The zero-order valence-corrected chi connectivity index (χ0v) is 30.2. The highest BCUT2D eigenvalue weighted by atomic mass is 79.9. The van der Waals surface area contributed by atoms with Crippen molar-refractivity contribution in [3.63, 3.8) is 0 Å². The number of hydrogen-bond acceptors (Lipinski definition) is 5. The van der Waals surface area contributed by atoms with E-state index in [1.807, 2.05) is 37.4 Å². The molecule has 2 aromatic heterocycles. The van der Waals surface area contributed by atoms with Crippen LogP contribution in [0.3, 0.4) is 0 Å². The van der Waals surface area contributed by atoms with Crippen molar-refractivity contribution < 1.29 is 14.2 Å². The Labute approximate surface area is 260 Å². The summed E-state index contributed by atoms with van der Waals surface area (Å²) in [5, 5.41) is 11.9. The number of fused-ring (bicyclic) bond motifs is 2. The van der Waals surface area contributed by atoms with Gasteiger partial charge >= 0.3 is 0 Å². The number of halogens is 1. The van der Waals surface area contributed by atoms with Crippen LogP contribution in [0.1, 0.15) is 23.9 Å². The molecule has 0 saturated heterocycles. The molecule has 226 valence electrons. The summed E-state index contributed by atoms with van der Waals surface area (Å²) in [6, 6.07) is 15.0. The van der Waals surface area contributed by atoms with Gasteiger partial charge in [0.05, 0.1) is 29.7 Å². The molecule has 7 nitrogen and oxygen atoms in total. The van der Waals surface area contributed by atoms with Crippen LogP contribution < -0.4 is 4.74 Å². The largest absolute Gasteiger partial charge is 0.496 e. The summed E-state index contributed by atoms with van der Waals surface area (Å²) in [4.78, 5) is 5.07. The van der Waals surface area contributed by atoms with E-state index in [-0.39, 0.29) is 0 Å². The molecule has 1 atom stereocenters. The first-order valence-corrected chi connectivity index (χ1v) is 22.8. The summed E-state index contributed by atoms with van der Waals surface area (Å²) >= 11 is 3.59. The van der Waals surface area contributed by atoms with Crippen molar-refractivity contribution in [2.45, 2.75) is 84.1 Å². The van der Waals surface area contributed by atoms with Crippen LogP contribution in [0, 0.1) is 18.3 Å². The van der Waals surface area contributed by atoms with Crippen molar-refractivity contribution in [2.24, 2.45) is 0 Å². The fourth-order valence-corrected chi connectivity index (χ4v) is 7.14. The summed E-state index contributed by atoms with van der Waals surface area (Å²) < 4.78 is 23.5. The van der Waals surface area contributed by atoms with Crippen LogP contribution in [0.2, 0.25) is 51.4 Å². The van der Waals surface area contributed by atoms with Crippen LogP contribution in [0.4, 0.5) is 0 Å². The quantitative estimate of drug-likeness (QED) is 0.105. The zero-order valence-electron chi connectivity index (χ0n) is 26.6. The number of hydrogen-bond donors (Lipinski definition) is 0. The molecule has 0 aliphatic rings. The molecular weight excluding hydrogens is 624 g/mol. The monoisotopic (exact) mass is 668 g/mol. The molecule has 2 aromatic carbocycles. The molecule has 1 unspecified atom stereocenters. The summed E-state index contributed by atoms with van der Waals surface area (Å²) in [6.45, 7) is 20.3. The number of ether oxygens (including phenoxy) is 3. The number of aromatic nitrogens is 3. The molecule has 0 bridgehead atoms. The number of rotatable bonds is 13. The smallest absolute Gasteiger partial charge is 0.141 e. The van der Waals surface area contributed by atoms with E-state index in [9.17, 15) is 5.26 Å². The predicted molar refractivity (Wildman–Crippen MR) is 181 cm³/mol. The number of methoxy groups -OCH3 is 1. The van der Waals surface area contributed by atoms with E-state index < -0.39 is 21.6 Å². The molecule has 4 rings (SSSR count). The number of nitrogens with zero attached hydrogens (tertiary/aromatic N) is 4. The van der Waals surface area contributed by atoms with Crippen LogP contribution in [0.5, 0.6) is 5.75 Å². The molecule has 4 aromatic rings. The van der Waals surface area contributed by atoms with Crippen LogP contribution in [0.25, 0.3) is 21.9 Å². The lowest BCUT2D eigenvalue weighted by molar-refractivity contribution is 0.0868. The molecule has 0 saturated carbocycles. The van der Waals surface area contributed by atoms with Gasteiger partial charge in [0.2, 0.25) is 0 Å². The van der Waals surface area contributed by atoms with Crippen LogP contribution >= 0.6 is 15.9 Å². The molecule has 0 N–H and O–H groups in total. The third kappa shape index (κ3) is 7.03. The van der Waals surface area contributed by atoms with Crippen molar-refractivity contribution in [2.75, 3.05) is 20.3 Å². The Morgan fingerprint density at radius 3 is 2.21 bits per heavy atom. The van der Waals surface area contributed by atoms with Gasteiger partial charge in [-0.1, -0.05) is 55.2 Å². The van der Waals surface area contributed by atoms with Gasteiger partial charge in [-0.15, -0.1) is 0 Å². The van der Waals surface area contributed by atoms with Crippen molar-refractivity contribution in [1.82, 2.24) is 14.1 Å². The Morgan fingerprint density at radius 1 is 0.976 bits per heavy atom. The van der Waals surface area contributed by atoms with Gasteiger partial charge in [-0.25, -0.2) is 4.98 Å². The Morgan fingerprint density at radius 2 is 1.62 bits per heavy atom. The van der Waals surface area contributed by atoms with Crippen molar-refractivity contribution in [1.29, 1.82) is 5.26 Å². The molecule has 42 heavy (non-hydrogen) atoms. The van der Waals surface area contributed by atoms with Gasteiger partial charge in [-0.05, 0) is 61.8 Å². The second-order valence-electron chi connectivity index (χ2n) is 13.7. The van der Waals surface area contributed by atoms with E-state index >= 15 is 0 Å². The molecule has 0 spiro atoms. The molecular formula is C32H45BrN4O3Si2. The van der Waals surface area contributed by atoms with Crippen LogP contribution in [0.15, 0.2) is 41.0 Å². The van der Waals surface area contributed by atoms with Gasteiger partial charge in [0.25, 0.3) is 0 Å². The normalized spacial score (nSPS) is 13.9. The van der Waals surface area contributed by atoms with E-state index in [0.717, 1.165) is 56.2 Å². The standard InChI is InChI=1S/C32H45BrN4O3Si2/c1-23-18-28(38-3)29(25-12-13-36(30(23)25)21-39-14-16-41(4,5)6)32(2,20-34)31-35-26-19-24(33)10-11-27(26)37(31)22-40-15-17-42(7,8)9/h10-13,18-19H,14-17,21-22H2,1-9H3. The van der Waals surface area contributed by atoms with E-state index in [1.165, 1.54) is 0 Å². The van der Waals surface area contributed by atoms with Crippen molar-refractivity contribution >= 4 is 54.0 Å². The Hall–Kier alpha value is -2.43. The number of imidazole rings is 1. The van der Waals surface area contributed by atoms with E-state index in [1.54, 1.807) is 7.11 Å². The van der Waals surface area contributed by atoms with E-state index in [4.69, 9.17) is 19.2 Å². The molecule has 10 heteroatoms. The highest BCUT2D eigenvalue weighted by Gasteiger charge is 2.40. The first-order valence-electron chi connectivity index (χ1n) is 14.6. The minimum Gasteiger partial charge on any atom is -0.496 e. The lowest BCUT2D eigenvalue weighted by atomic mass is 9.80. The highest BCUT2D eigenvalue weighted by Crippen LogP contribution is 2.44. The molecule has 0 fully saturated rings. The fraction of sp³-hybridized carbons (Fsp3) is 0.500. The summed E-state index contributed by atoms with van der Waals surface area (Å²) in [5.41, 5.74) is 3.51. The maximum atomic E-state index is 10.9. The average Bonchev–Trinajstić information content (AvgIpc) is 3.49. The van der Waals surface area contributed by atoms with Crippen LogP contribution in [-0.4, -0.2) is 50.6 Å². The maximum Gasteiger partial charge on any atom is 0.141 e. The minimum absolute atomic E-state index is 0.318. The Balaban J connectivity index is 1.83. The van der Waals surface area contributed by atoms with Gasteiger partial charge in [0.15, 0.2) is 0 Å². The van der Waals surface area contributed by atoms with Crippen molar-refractivity contribution in [3.05, 3.63) is 58.0 Å². The first kappa shape index (κ1) is 32.5. The number of benzene rings is 2. The summed E-state index contributed by atoms with van der Waals surface area (Å²) in [7, 11) is -0.774. The zero-order chi connectivity index (χ0) is 30.9. The SMILES string of the molecule is COc1cc(C)c2c(ccn2COCC[Si](C)(C)C)c1C(C)(C#N)c1nc2cc(Br)ccc2n1COCC[Si](C)(C)C. The topological polar surface area (TPSA) is 74.2 Å². The molecule has 0 radical (unpaired) electrons. The second-order valence-corrected chi connectivity index (χ2v) is 25.9. The molecule has 2 heterocycles. The van der Waals surface area contributed by atoms with Gasteiger partial charge < -0.3 is 23.3 Å². The summed E-state index contributed by atoms with van der Waals surface area (Å²) in [5.74, 6) is 1.30. The Kier molecular flexibility index (Phi) is 9.80. The van der Waals surface area contributed by atoms with Gasteiger partial charge in [0.1, 0.15) is 30.5 Å². The molecule has 0 aliphatic carbocycles. The van der Waals surface area contributed by atoms with E-state index in [2.05, 4.69) is 83.4 Å². The second kappa shape index (κ2) is 12.7. The Bertz CT molecular complexity index is 1610. The lowest BCUT2D eigenvalue weighted by Gasteiger charge is -2.27. The van der Waals surface area contributed by atoms with Gasteiger partial charge in [-0.3, -0.25) is 0 Å². The van der Waals surface area contributed by atoms with E-state index in [0.29, 0.717) is 31.6 Å². The van der Waals surface area contributed by atoms with Crippen LogP contribution in [-0.2, 0) is 28.4 Å². The summed E-state index contributed by atoms with van der Waals surface area (Å²) in [6.07, 6.45) is 2.05. The fourth-order valence-electron chi connectivity index (χ4n) is 5.28. The van der Waals surface area contributed by atoms with Gasteiger partial charge in [0, 0.05) is 51.0 Å². The number of aryl methyl sites for hydroxylation is 1. The van der Waals surface area contributed by atoms with Crippen molar-refractivity contribution in [3.8, 4) is 11.8 Å². The maximum absolute atomic E-state index is 10.9. The first-order chi connectivity index (χ1) is 19.7. The molecule has 0 amide bonds. The highest BCUT2D eigenvalue weighted by molar-refractivity contribution is 9.10. The number of nitriles is 1. The third-order valence-electron chi connectivity index (χ3n) is 7.74. The predicted octanol–water partition coefficient (Wildman–Crippen LogP) is 8.52.